The fourth-order valence-electron chi connectivity index (χ4n) is 2.10. The first-order chi connectivity index (χ1) is 7.27. The van der Waals surface area contributed by atoms with Crippen molar-refractivity contribution >= 4 is 10.9 Å². The van der Waals surface area contributed by atoms with Crippen molar-refractivity contribution in [2.24, 2.45) is 0 Å². The molecule has 0 aliphatic heterocycles. The fraction of sp³-hybridized carbons (Fsp3) is 0.333. The van der Waals surface area contributed by atoms with Gasteiger partial charge in [-0.2, -0.15) is 0 Å². The predicted octanol–water partition coefficient (Wildman–Crippen LogP) is 1.91. The topological polar surface area (TPSA) is 39.8 Å². The van der Waals surface area contributed by atoms with E-state index in [9.17, 15) is 0 Å². The number of para-hydroxylation sites is 1. The van der Waals surface area contributed by atoms with E-state index in [2.05, 4.69) is 46.8 Å². The molecule has 0 unspecified atom stereocenters. The zero-order chi connectivity index (χ0) is 10.8. The Labute approximate surface area is 89.9 Å². The van der Waals surface area contributed by atoms with Crippen molar-refractivity contribution in [3.8, 4) is 0 Å². The number of aromatic amines is 1. The van der Waals surface area contributed by atoms with E-state index < -0.39 is 0 Å². The number of hydrogen-bond donors (Lipinski definition) is 3. The standard InChI is InChI=1S/C12H17N3/c1-8-11(12(13-2)14-3)9-6-4-5-7-10(9)15-8/h4-7,12-15H,1-3H3. The lowest BCUT2D eigenvalue weighted by molar-refractivity contribution is 0.521. The summed E-state index contributed by atoms with van der Waals surface area (Å²) in [5.74, 6) is 0. The van der Waals surface area contributed by atoms with Gasteiger partial charge in [-0.1, -0.05) is 18.2 Å². The molecule has 0 aliphatic carbocycles. The van der Waals surface area contributed by atoms with Crippen LogP contribution in [0.3, 0.4) is 0 Å². The van der Waals surface area contributed by atoms with E-state index >= 15 is 0 Å². The highest BCUT2D eigenvalue weighted by Crippen LogP contribution is 2.25. The molecule has 3 nitrogen and oxygen atoms in total. The van der Waals surface area contributed by atoms with Crippen LogP contribution < -0.4 is 10.6 Å². The van der Waals surface area contributed by atoms with Gasteiger partial charge in [-0.05, 0) is 27.1 Å². The molecule has 80 valence electrons. The Morgan fingerprint density at radius 3 is 2.47 bits per heavy atom. The SMILES string of the molecule is CNC(NC)c1c(C)[nH]c2ccccc12. The lowest BCUT2D eigenvalue weighted by atomic mass is 10.1. The summed E-state index contributed by atoms with van der Waals surface area (Å²) >= 11 is 0. The van der Waals surface area contributed by atoms with Gasteiger partial charge in [0.05, 0.1) is 6.17 Å². The smallest absolute Gasteiger partial charge is 0.0854 e. The van der Waals surface area contributed by atoms with Gasteiger partial charge in [-0.3, -0.25) is 0 Å². The molecule has 0 atom stereocenters. The maximum Gasteiger partial charge on any atom is 0.0854 e. The minimum absolute atomic E-state index is 0.196. The highest BCUT2D eigenvalue weighted by atomic mass is 15.1. The summed E-state index contributed by atoms with van der Waals surface area (Å²) in [4.78, 5) is 3.40. The minimum Gasteiger partial charge on any atom is -0.358 e. The van der Waals surface area contributed by atoms with E-state index in [-0.39, 0.29) is 6.17 Å². The molecular weight excluding hydrogens is 186 g/mol. The molecule has 15 heavy (non-hydrogen) atoms. The minimum atomic E-state index is 0.196. The van der Waals surface area contributed by atoms with Crippen LogP contribution in [0.5, 0.6) is 0 Å². The quantitative estimate of drug-likeness (QED) is 0.667. The molecule has 2 aromatic rings. The van der Waals surface area contributed by atoms with Crippen LogP contribution >= 0.6 is 0 Å². The molecule has 1 heterocycles. The zero-order valence-electron chi connectivity index (χ0n) is 9.39. The normalized spacial score (nSPS) is 11.5. The van der Waals surface area contributed by atoms with E-state index in [1.54, 1.807) is 0 Å². The summed E-state index contributed by atoms with van der Waals surface area (Å²) < 4.78 is 0. The van der Waals surface area contributed by atoms with Crippen LogP contribution in [0.2, 0.25) is 0 Å². The number of aryl methyl sites for hydroxylation is 1. The van der Waals surface area contributed by atoms with Crippen LogP contribution in [0.25, 0.3) is 10.9 Å². The number of aromatic nitrogens is 1. The van der Waals surface area contributed by atoms with E-state index in [4.69, 9.17) is 0 Å². The van der Waals surface area contributed by atoms with Gasteiger partial charge >= 0.3 is 0 Å². The van der Waals surface area contributed by atoms with Gasteiger partial charge in [-0.25, -0.2) is 0 Å². The second kappa shape index (κ2) is 4.04. The van der Waals surface area contributed by atoms with Gasteiger partial charge in [0.15, 0.2) is 0 Å². The van der Waals surface area contributed by atoms with Gasteiger partial charge in [0.1, 0.15) is 0 Å². The zero-order valence-corrected chi connectivity index (χ0v) is 9.39. The maximum absolute atomic E-state index is 3.40. The fourth-order valence-corrected chi connectivity index (χ4v) is 2.10. The molecule has 0 aliphatic rings. The molecule has 0 fully saturated rings. The average molecular weight is 203 g/mol. The summed E-state index contributed by atoms with van der Waals surface area (Å²) in [6.07, 6.45) is 0.196. The second-order valence-electron chi connectivity index (χ2n) is 3.72. The molecule has 2 rings (SSSR count). The molecular formula is C12H17N3. The van der Waals surface area contributed by atoms with Crippen molar-refractivity contribution in [3.05, 3.63) is 35.5 Å². The summed E-state index contributed by atoms with van der Waals surface area (Å²) in [6, 6.07) is 8.38. The van der Waals surface area contributed by atoms with Crippen molar-refractivity contribution in [2.75, 3.05) is 14.1 Å². The summed E-state index contributed by atoms with van der Waals surface area (Å²) in [5.41, 5.74) is 3.71. The van der Waals surface area contributed by atoms with E-state index in [1.807, 2.05) is 14.1 Å². The average Bonchev–Trinajstić information content (AvgIpc) is 2.58. The molecule has 1 aromatic heterocycles. The molecule has 0 radical (unpaired) electrons. The number of hydrogen-bond acceptors (Lipinski definition) is 2. The lowest BCUT2D eigenvalue weighted by Gasteiger charge is -2.15. The molecule has 0 spiro atoms. The summed E-state index contributed by atoms with van der Waals surface area (Å²) in [7, 11) is 3.92. The van der Waals surface area contributed by atoms with E-state index in [1.165, 1.54) is 22.2 Å². The molecule has 1 aromatic carbocycles. The van der Waals surface area contributed by atoms with E-state index in [0.717, 1.165) is 0 Å². The first kappa shape index (κ1) is 10.2. The van der Waals surface area contributed by atoms with Crippen molar-refractivity contribution in [1.82, 2.24) is 15.6 Å². The first-order valence-corrected chi connectivity index (χ1v) is 5.19. The molecule has 0 bridgehead atoms. The first-order valence-electron chi connectivity index (χ1n) is 5.19. The molecule has 3 N–H and O–H groups in total. The van der Waals surface area contributed by atoms with Gasteiger partial charge in [0.25, 0.3) is 0 Å². The summed E-state index contributed by atoms with van der Waals surface area (Å²) in [5, 5.41) is 7.79. The van der Waals surface area contributed by atoms with Crippen molar-refractivity contribution in [1.29, 1.82) is 0 Å². The Bertz CT molecular complexity index is 455. The van der Waals surface area contributed by atoms with Crippen LogP contribution in [0.15, 0.2) is 24.3 Å². The Hall–Kier alpha value is -1.32. The largest absolute Gasteiger partial charge is 0.358 e. The Kier molecular flexibility index (Phi) is 2.75. The molecule has 0 amide bonds. The van der Waals surface area contributed by atoms with Crippen molar-refractivity contribution in [2.45, 2.75) is 13.1 Å². The molecule has 0 saturated heterocycles. The summed E-state index contributed by atoms with van der Waals surface area (Å²) in [6.45, 7) is 2.11. The third kappa shape index (κ3) is 1.64. The molecule has 3 heteroatoms. The third-order valence-corrected chi connectivity index (χ3v) is 2.81. The number of H-pyrrole nitrogens is 1. The van der Waals surface area contributed by atoms with Crippen molar-refractivity contribution in [3.63, 3.8) is 0 Å². The number of fused-ring (bicyclic) bond motifs is 1. The third-order valence-electron chi connectivity index (χ3n) is 2.81. The van der Waals surface area contributed by atoms with Crippen molar-refractivity contribution < 1.29 is 0 Å². The lowest BCUT2D eigenvalue weighted by Crippen LogP contribution is -2.29. The maximum atomic E-state index is 3.40. The van der Waals surface area contributed by atoms with Crippen LogP contribution in [-0.4, -0.2) is 19.1 Å². The van der Waals surface area contributed by atoms with Gasteiger partial charge in [0, 0.05) is 22.2 Å². The number of benzene rings is 1. The van der Waals surface area contributed by atoms with Crippen LogP contribution in [0.4, 0.5) is 0 Å². The second-order valence-corrected chi connectivity index (χ2v) is 3.72. The number of rotatable bonds is 3. The Morgan fingerprint density at radius 1 is 1.13 bits per heavy atom. The van der Waals surface area contributed by atoms with Gasteiger partial charge in [-0.15, -0.1) is 0 Å². The van der Waals surface area contributed by atoms with Crippen LogP contribution in [0.1, 0.15) is 17.4 Å². The number of nitrogens with one attached hydrogen (secondary N) is 3. The highest BCUT2D eigenvalue weighted by molar-refractivity contribution is 5.85. The van der Waals surface area contributed by atoms with Gasteiger partial charge < -0.3 is 15.6 Å². The van der Waals surface area contributed by atoms with Crippen LogP contribution in [-0.2, 0) is 0 Å². The predicted molar refractivity (Wildman–Crippen MR) is 63.9 cm³/mol. The van der Waals surface area contributed by atoms with E-state index in [0.29, 0.717) is 0 Å². The highest BCUT2D eigenvalue weighted by Gasteiger charge is 2.14. The van der Waals surface area contributed by atoms with Crippen LogP contribution in [0, 0.1) is 6.92 Å². The molecule has 0 saturated carbocycles. The Balaban J connectivity index is 2.62. The monoisotopic (exact) mass is 203 g/mol. The Morgan fingerprint density at radius 2 is 1.80 bits per heavy atom. The van der Waals surface area contributed by atoms with Gasteiger partial charge in [0.2, 0.25) is 0 Å².